The molecule has 7 nitrogen and oxygen atoms in total. The van der Waals surface area contributed by atoms with Crippen LogP contribution in [-0.4, -0.2) is 63.6 Å². The van der Waals surface area contributed by atoms with E-state index in [1.165, 1.54) is 9.80 Å². The number of carbonyl (C=O) groups is 2. The number of aliphatic hydroxyl groups excluding tert-OH is 2. The van der Waals surface area contributed by atoms with E-state index < -0.39 is 30.3 Å². The third kappa shape index (κ3) is 2.24. The van der Waals surface area contributed by atoms with Gasteiger partial charge in [0.05, 0.1) is 25.3 Å². The third-order valence-corrected chi connectivity index (χ3v) is 4.00. The molecular weight excluding hydrogens is 276 g/mol. The Morgan fingerprint density at radius 2 is 1.71 bits per heavy atom. The summed E-state index contributed by atoms with van der Waals surface area (Å²) in [4.78, 5) is 26.5. The highest BCUT2D eigenvalue weighted by atomic mass is 16.4. The number of fused-ring (bicyclic) bond motifs is 1. The fourth-order valence-electron chi connectivity index (χ4n) is 2.90. The number of β-amino-alcohol motifs (C(OH)–C–C–N with tert-alkyl or cyclic N) is 2. The van der Waals surface area contributed by atoms with Crippen molar-refractivity contribution in [2.45, 2.75) is 24.7 Å². The Kier molecular flexibility index (Phi) is 3.30. The number of hydrogen-bond acceptors (Lipinski definition) is 4. The summed E-state index contributed by atoms with van der Waals surface area (Å²) in [5, 5.41) is 28.4. The molecule has 0 aliphatic carbocycles. The third-order valence-electron chi connectivity index (χ3n) is 4.00. The molecule has 112 valence electrons. The molecule has 2 aliphatic heterocycles. The van der Waals surface area contributed by atoms with Gasteiger partial charge in [0.15, 0.2) is 0 Å². The van der Waals surface area contributed by atoms with Crippen molar-refractivity contribution in [1.29, 1.82) is 0 Å². The number of nitrogens with zero attached hydrogens (tertiary/aromatic N) is 2. The summed E-state index contributed by atoms with van der Waals surface area (Å²) in [7, 11) is 0. The molecule has 3 N–H and O–H groups in total. The number of rotatable bonds is 1. The number of benzene rings is 1. The van der Waals surface area contributed by atoms with Crippen LogP contribution in [0.3, 0.4) is 0 Å². The van der Waals surface area contributed by atoms with E-state index in [0.717, 1.165) is 5.56 Å². The van der Waals surface area contributed by atoms with Gasteiger partial charge < -0.3 is 20.2 Å². The van der Waals surface area contributed by atoms with Crippen molar-refractivity contribution < 1.29 is 24.9 Å². The van der Waals surface area contributed by atoms with E-state index >= 15 is 0 Å². The van der Waals surface area contributed by atoms with Gasteiger partial charge in [-0.1, -0.05) is 18.2 Å². The maximum absolute atomic E-state index is 12.6. The first-order chi connectivity index (χ1) is 9.99. The van der Waals surface area contributed by atoms with Gasteiger partial charge >= 0.3 is 12.0 Å². The molecule has 1 aromatic carbocycles. The number of carboxylic acids is 1. The minimum Gasteiger partial charge on any atom is -0.480 e. The topological polar surface area (TPSA) is 101 Å². The molecule has 0 saturated carbocycles. The Morgan fingerprint density at radius 3 is 2.33 bits per heavy atom. The summed E-state index contributed by atoms with van der Waals surface area (Å²) in [6.45, 7) is 0.00993. The summed E-state index contributed by atoms with van der Waals surface area (Å²) in [6, 6.07) is 5.60. The molecule has 1 saturated heterocycles. The van der Waals surface area contributed by atoms with Gasteiger partial charge in [0.1, 0.15) is 6.04 Å². The summed E-state index contributed by atoms with van der Waals surface area (Å²) in [5.74, 6) is -1.07. The predicted molar refractivity (Wildman–Crippen MR) is 73.0 cm³/mol. The van der Waals surface area contributed by atoms with Crippen molar-refractivity contribution in [3.8, 4) is 0 Å². The van der Waals surface area contributed by atoms with Gasteiger partial charge in [-0.25, -0.2) is 9.59 Å². The first-order valence-corrected chi connectivity index (χ1v) is 6.74. The van der Waals surface area contributed by atoms with Crippen LogP contribution in [0, 0.1) is 0 Å². The molecule has 7 heteroatoms. The van der Waals surface area contributed by atoms with Crippen molar-refractivity contribution in [3.05, 3.63) is 29.8 Å². The molecule has 21 heavy (non-hydrogen) atoms. The fraction of sp³-hybridized carbons (Fsp3) is 0.429. The molecule has 1 fully saturated rings. The van der Waals surface area contributed by atoms with Gasteiger partial charge in [0, 0.05) is 12.1 Å². The zero-order valence-electron chi connectivity index (χ0n) is 11.2. The van der Waals surface area contributed by atoms with E-state index in [0.29, 0.717) is 5.69 Å². The fourth-order valence-corrected chi connectivity index (χ4v) is 2.90. The molecular formula is C14H16N2O5. The van der Waals surface area contributed by atoms with Gasteiger partial charge in [-0.2, -0.15) is 0 Å². The molecule has 3 unspecified atom stereocenters. The van der Waals surface area contributed by atoms with Crippen molar-refractivity contribution in [2.24, 2.45) is 0 Å². The number of hydrogen-bond donors (Lipinski definition) is 3. The van der Waals surface area contributed by atoms with Crippen molar-refractivity contribution in [3.63, 3.8) is 0 Å². The van der Waals surface area contributed by atoms with E-state index in [1.807, 2.05) is 0 Å². The summed E-state index contributed by atoms with van der Waals surface area (Å²) < 4.78 is 0. The molecule has 3 atom stereocenters. The molecule has 2 heterocycles. The van der Waals surface area contributed by atoms with Gasteiger partial charge in [-0.15, -0.1) is 0 Å². The van der Waals surface area contributed by atoms with Crippen LogP contribution in [0.1, 0.15) is 5.56 Å². The second kappa shape index (κ2) is 5.01. The Labute approximate surface area is 121 Å². The number of aliphatic carboxylic acids is 1. The molecule has 2 aliphatic rings. The highest BCUT2D eigenvalue weighted by Gasteiger charge is 2.43. The minimum atomic E-state index is -1.07. The van der Waals surface area contributed by atoms with Crippen LogP contribution in [0.25, 0.3) is 0 Å². The lowest BCUT2D eigenvalue weighted by Gasteiger charge is -2.27. The van der Waals surface area contributed by atoms with E-state index in [2.05, 4.69) is 0 Å². The number of carboxylic acid groups (broad SMARTS) is 1. The summed E-state index contributed by atoms with van der Waals surface area (Å²) >= 11 is 0. The molecule has 0 radical (unpaired) electrons. The van der Waals surface area contributed by atoms with Crippen LogP contribution in [0.5, 0.6) is 0 Å². The smallest absolute Gasteiger partial charge is 0.327 e. The number of para-hydroxylation sites is 1. The Bertz CT molecular complexity index is 580. The zero-order chi connectivity index (χ0) is 15.1. The van der Waals surface area contributed by atoms with Crippen LogP contribution in [0.4, 0.5) is 10.5 Å². The van der Waals surface area contributed by atoms with Crippen molar-refractivity contribution >= 4 is 17.7 Å². The molecule has 0 spiro atoms. The van der Waals surface area contributed by atoms with Gasteiger partial charge in [0.25, 0.3) is 0 Å². The lowest BCUT2D eigenvalue weighted by Crippen LogP contribution is -2.49. The Morgan fingerprint density at radius 1 is 1.10 bits per heavy atom. The zero-order valence-corrected chi connectivity index (χ0v) is 11.2. The number of carbonyl (C=O) groups excluding carboxylic acids is 1. The van der Waals surface area contributed by atoms with Crippen LogP contribution in [-0.2, 0) is 11.2 Å². The maximum atomic E-state index is 12.6. The van der Waals surface area contributed by atoms with Gasteiger partial charge in [0.2, 0.25) is 0 Å². The first-order valence-electron chi connectivity index (χ1n) is 6.74. The lowest BCUT2D eigenvalue weighted by atomic mass is 10.1. The number of urea groups is 1. The lowest BCUT2D eigenvalue weighted by molar-refractivity contribution is -0.138. The second-order valence-electron chi connectivity index (χ2n) is 5.38. The van der Waals surface area contributed by atoms with Crippen molar-refractivity contribution in [2.75, 3.05) is 18.0 Å². The van der Waals surface area contributed by atoms with Gasteiger partial charge in [-0.05, 0) is 11.6 Å². The first kappa shape index (κ1) is 13.8. The molecule has 2 amide bonds. The molecule has 0 aromatic heterocycles. The SMILES string of the molecule is O=C(O)C1Cc2ccccc2N1C(=O)N1CC(O)C(O)C1. The van der Waals surface area contributed by atoms with Crippen LogP contribution >= 0.6 is 0 Å². The molecule has 1 aromatic rings. The Hall–Kier alpha value is -2.12. The normalized spacial score (nSPS) is 27.8. The summed E-state index contributed by atoms with van der Waals surface area (Å²) in [5.41, 5.74) is 1.38. The summed E-state index contributed by atoms with van der Waals surface area (Å²) in [6.07, 6.45) is -1.72. The number of anilines is 1. The van der Waals surface area contributed by atoms with Crippen LogP contribution in [0.15, 0.2) is 24.3 Å². The molecule has 0 bridgehead atoms. The minimum absolute atomic E-state index is 0.00497. The largest absolute Gasteiger partial charge is 0.480 e. The van der Waals surface area contributed by atoms with Crippen LogP contribution < -0.4 is 4.90 Å². The quantitative estimate of drug-likeness (QED) is 0.657. The monoisotopic (exact) mass is 292 g/mol. The van der Waals surface area contributed by atoms with E-state index in [-0.39, 0.29) is 19.5 Å². The second-order valence-corrected chi connectivity index (χ2v) is 5.38. The highest BCUT2D eigenvalue weighted by Crippen LogP contribution is 2.33. The standard InChI is InChI=1S/C14H16N2O5/c17-11-6-15(7-12(11)18)14(21)16-9-4-2-1-3-8(9)5-10(16)13(19)20/h1-4,10-12,17-18H,5-7H2,(H,19,20). The number of aliphatic hydroxyl groups is 2. The van der Waals surface area contributed by atoms with E-state index in [9.17, 15) is 24.9 Å². The average Bonchev–Trinajstić information content (AvgIpc) is 2.99. The average molecular weight is 292 g/mol. The number of amides is 2. The van der Waals surface area contributed by atoms with Crippen LogP contribution in [0.2, 0.25) is 0 Å². The predicted octanol–water partition coefficient (Wildman–Crippen LogP) is -0.340. The van der Waals surface area contributed by atoms with E-state index in [4.69, 9.17) is 0 Å². The number of likely N-dealkylation sites (tertiary alicyclic amines) is 1. The van der Waals surface area contributed by atoms with Gasteiger partial charge in [-0.3, -0.25) is 4.90 Å². The highest BCUT2D eigenvalue weighted by molar-refractivity contribution is 6.01. The maximum Gasteiger partial charge on any atom is 0.327 e. The Balaban J connectivity index is 1.91. The van der Waals surface area contributed by atoms with Crippen molar-refractivity contribution in [1.82, 2.24) is 4.90 Å². The molecule has 3 rings (SSSR count). The van der Waals surface area contributed by atoms with E-state index in [1.54, 1.807) is 24.3 Å².